The van der Waals surface area contributed by atoms with E-state index < -0.39 is 35.5 Å². The summed E-state index contributed by atoms with van der Waals surface area (Å²) in [7, 11) is 0. The summed E-state index contributed by atoms with van der Waals surface area (Å²) in [6.45, 7) is 8.89. The second kappa shape index (κ2) is 5.14. The fraction of sp³-hybridized carbons (Fsp3) is 0.867. The average Bonchev–Trinajstić information content (AvgIpc) is 2.95. The van der Waals surface area contributed by atoms with Crippen molar-refractivity contribution in [3.05, 3.63) is 0 Å². The van der Waals surface area contributed by atoms with Gasteiger partial charge in [-0.2, -0.15) is 0 Å². The predicted molar refractivity (Wildman–Crippen MR) is 76.4 cm³/mol. The van der Waals surface area contributed by atoms with Crippen LogP contribution in [0.25, 0.3) is 0 Å². The summed E-state index contributed by atoms with van der Waals surface area (Å²) >= 11 is 0. The molecule has 3 fully saturated rings. The fourth-order valence-corrected chi connectivity index (χ4v) is 2.89. The van der Waals surface area contributed by atoms with Crippen LogP contribution in [0.15, 0.2) is 0 Å². The first kappa shape index (κ1) is 16.6. The minimum atomic E-state index is -1.50. The zero-order valence-corrected chi connectivity index (χ0v) is 14.1. The molecule has 0 aromatic rings. The Bertz CT molecular complexity index is 526. The molecule has 0 aliphatic carbocycles. The zero-order valence-electron chi connectivity index (χ0n) is 14.1. The van der Waals surface area contributed by atoms with Gasteiger partial charge in [-0.1, -0.05) is 0 Å². The first-order chi connectivity index (χ1) is 10.5. The number of ketones is 1. The monoisotopic (exact) mass is 329 g/mol. The van der Waals surface area contributed by atoms with Crippen LogP contribution in [0.5, 0.6) is 0 Å². The minimum Gasteiger partial charge on any atom is -0.444 e. The van der Waals surface area contributed by atoms with Gasteiger partial charge in [-0.15, -0.1) is 0 Å². The maximum absolute atomic E-state index is 12.7. The summed E-state index contributed by atoms with van der Waals surface area (Å²) in [6, 6.07) is 0. The van der Waals surface area contributed by atoms with Crippen LogP contribution >= 0.6 is 0 Å². The number of nitrogens with zero attached hydrogens (tertiary/aromatic N) is 1. The summed E-state index contributed by atoms with van der Waals surface area (Å²) in [6.07, 6.45) is -1.75. The summed E-state index contributed by atoms with van der Waals surface area (Å²) in [5.74, 6) is -2.70. The summed E-state index contributed by atoms with van der Waals surface area (Å²) in [5.41, 5.74) is -0.623. The molecule has 1 amide bonds. The quantitative estimate of drug-likeness (QED) is 0.656. The molecule has 0 aromatic carbocycles. The number of rotatable bonds is 0. The van der Waals surface area contributed by atoms with Gasteiger partial charge >= 0.3 is 6.09 Å². The molecule has 8 nitrogen and oxygen atoms in total. The van der Waals surface area contributed by atoms with Crippen molar-refractivity contribution >= 4 is 11.9 Å². The highest BCUT2D eigenvalue weighted by Crippen LogP contribution is 2.38. The molecule has 8 heteroatoms. The second-order valence-electron chi connectivity index (χ2n) is 7.47. The van der Waals surface area contributed by atoms with Crippen molar-refractivity contribution in [2.24, 2.45) is 0 Å². The maximum Gasteiger partial charge on any atom is 0.412 e. The Hall–Kier alpha value is -1.22. The summed E-state index contributed by atoms with van der Waals surface area (Å²) < 4.78 is 27.8. The van der Waals surface area contributed by atoms with Crippen molar-refractivity contribution < 1.29 is 33.3 Å². The van der Waals surface area contributed by atoms with Crippen LogP contribution in [0, 0.1) is 0 Å². The third kappa shape index (κ3) is 3.08. The zero-order chi connectivity index (χ0) is 17.0. The van der Waals surface area contributed by atoms with Gasteiger partial charge in [-0.25, -0.2) is 4.79 Å². The van der Waals surface area contributed by atoms with E-state index in [0.717, 1.165) is 0 Å². The van der Waals surface area contributed by atoms with Crippen molar-refractivity contribution in [1.29, 1.82) is 0 Å². The van der Waals surface area contributed by atoms with Gasteiger partial charge in [0.15, 0.2) is 11.9 Å². The van der Waals surface area contributed by atoms with Crippen LogP contribution in [0.2, 0.25) is 0 Å². The highest BCUT2D eigenvalue weighted by molar-refractivity contribution is 5.92. The van der Waals surface area contributed by atoms with Gasteiger partial charge in [0.25, 0.3) is 5.79 Å². The number of amides is 1. The van der Waals surface area contributed by atoms with Crippen molar-refractivity contribution in [3.8, 4) is 0 Å². The topological polar surface area (TPSA) is 83.5 Å². The number of hydrogen-bond acceptors (Lipinski definition) is 7. The largest absolute Gasteiger partial charge is 0.444 e. The lowest BCUT2D eigenvalue weighted by molar-refractivity contribution is -0.232. The first-order valence-corrected chi connectivity index (χ1v) is 7.67. The molecule has 130 valence electrons. The molecule has 3 heterocycles. The number of Topliss-reactive ketones (excluding diaryl/α,β-unsaturated/α-hetero) is 1. The minimum absolute atomic E-state index is 0.0201. The van der Waals surface area contributed by atoms with Crippen LogP contribution in [0.1, 0.15) is 34.6 Å². The van der Waals surface area contributed by atoms with E-state index in [1.54, 1.807) is 34.6 Å². The lowest BCUT2D eigenvalue weighted by Crippen LogP contribution is -2.59. The molecule has 3 aliphatic rings. The highest BCUT2D eigenvalue weighted by Gasteiger charge is 2.61. The number of carbonyl (C=O) groups excluding carboxylic acids is 2. The molecule has 0 aromatic heterocycles. The summed E-state index contributed by atoms with van der Waals surface area (Å²) in [4.78, 5) is 26.2. The first-order valence-electron chi connectivity index (χ1n) is 7.67. The van der Waals surface area contributed by atoms with Gasteiger partial charge in [0.1, 0.15) is 18.4 Å². The summed E-state index contributed by atoms with van der Waals surface area (Å²) in [5, 5.41) is 0. The number of ether oxygens (including phenoxy) is 5. The second-order valence-corrected chi connectivity index (χ2v) is 7.47. The van der Waals surface area contributed by atoms with Crippen molar-refractivity contribution in [3.63, 3.8) is 0 Å². The molecular weight excluding hydrogens is 306 g/mol. The Labute approximate surface area is 134 Å². The van der Waals surface area contributed by atoms with E-state index in [0.29, 0.717) is 0 Å². The Balaban J connectivity index is 1.70. The Morgan fingerprint density at radius 3 is 2.61 bits per heavy atom. The standard InChI is InChI=1S/C15H23NO7/c1-13(2,3)23-12(18)16-7-15(20-8-16)11(17)10-9(6-19-15)21-14(4,5)22-10/h9-10H,6-8H2,1-5H3/t9-,10-,15+/m1/s1. The Kier molecular flexibility index (Phi) is 3.72. The van der Waals surface area contributed by atoms with Gasteiger partial charge in [0.05, 0.1) is 13.2 Å². The lowest BCUT2D eigenvalue weighted by atomic mass is 9.99. The molecule has 0 unspecified atom stereocenters. The van der Waals surface area contributed by atoms with Gasteiger partial charge < -0.3 is 23.7 Å². The number of fused-ring (bicyclic) bond motifs is 1. The number of carbonyl (C=O) groups is 2. The van der Waals surface area contributed by atoms with Crippen LogP contribution in [-0.2, 0) is 28.5 Å². The van der Waals surface area contributed by atoms with Gasteiger partial charge in [-0.05, 0) is 34.6 Å². The lowest BCUT2D eigenvalue weighted by Gasteiger charge is -2.35. The van der Waals surface area contributed by atoms with Crippen LogP contribution in [0.4, 0.5) is 4.79 Å². The molecule has 0 radical (unpaired) electrons. The Morgan fingerprint density at radius 1 is 1.26 bits per heavy atom. The smallest absolute Gasteiger partial charge is 0.412 e. The molecule has 23 heavy (non-hydrogen) atoms. The van der Waals surface area contributed by atoms with Crippen LogP contribution in [0.3, 0.4) is 0 Å². The molecule has 3 aliphatic heterocycles. The molecule has 0 saturated carbocycles. The van der Waals surface area contributed by atoms with Crippen LogP contribution < -0.4 is 0 Å². The molecule has 3 atom stereocenters. The van der Waals surface area contributed by atoms with E-state index >= 15 is 0 Å². The number of hydrogen-bond donors (Lipinski definition) is 0. The van der Waals surface area contributed by atoms with E-state index in [2.05, 4.69) is 0 Å². The molecule has 1 spiro atoms. The van der Waals surface area contributed by atoms with E-state index in [1.165, 1.54) is 4.90 Å². The maximum atomic E-state index is 12.7. The molecular formula is C15H23NO7. The van der Waals surface area contributed by atoms with Crippen molar-refractivity contribution in [2.75, 3.05) is 19.9 Å². The predicted octanol–water partition coefficient (Wildman–Crippen LogP) is 1.03. The van der Waals surface area contributed by atoms with Gasteiger partial charge in [0.2, 0.25) is 5.78 Å². The van der Waals surface area contributed by atoms with E-state index in [1.807, 2.05) is 0 Å². The van der Waals surface area contributed by atoms with Crippen molar-refractivity contribution in [1.82, 2.24) is 4.90 Å². The molecule has 0 bridgehead atoms. The third-order valence-electron chi connectivity index (χ3n) is 3.80. The highest BCUT2D eigenvalue weighted by atomic mass is 16.8. The van der Waals surface area contributed by atoms with E-state index in [9.17, 15) is 9.59 Å². The third-order valence-corrected chi connectivity index (χ3v) is 3.80. The molecule has 0 N–H and O–H groups in total. The average molecular weight is 329 g/mol. The SMILES string of the molecule is CC(C)(C)OC(=O)N1CO[C@]2(C1)OC[C@H]1OC(C)(C)O[C@H]1C2=O. The normalized spacial score (nSPS) is 36.4. The van der Waals surface area contributed by atoms with E-state index in [4.69, 9.17) is 23.7 Å². The van der Waals surface area contributed by atoms with Gasteiger partial charge in [0, 0.05) is 0 Å². The molecule has 3 rings (SSSR count). The van der Waals surface area contributed by atoms with E-state index in [-0.39, 0.29) is 25.7 Å². The Morgan fingerprint density at radius 2 is 1.96 bits per heavy atom. The fourth-order valence-electron chi connectivity index (χ4n) is 2.89. The van der Waals surface area contributed by atoms with Crippen LogP contribution in [-0.4, -0.2) is 66.0 Å². The van der Waals surface area contributed by atoms with Crippen molar-refractivity contribution in [2.45, 2.75) is 64.0 Å². The van der Waals surface area contributed by atoms with Gasteiger partial charge in [-0.3, -0.25) is 9.69 Å². The molecule has 3 saturated heterocycles.